The van der Waals surface area contributed by atoms with E-state index in [1.54, 1.807) is 38.3 Å². The number of hydrogen-bond donors (Lipinski definition) is 0. The molecule has 0 spiro atoms. The number of carbonyl (C=O) groups is 1. The van der Waals surface area contributed by atoms with E-state index >= 15 is 0 Å². The summed E-state index contributed by atoms with van der Waals surface area (Å²) in [4.78, 5) is 29.6. The van der Waals surface area contributed by atoms with Gasteiger partial charge in [0.15, 0.2) is 5.49 Å². The highest BCUT2D eigenvalue weighted by molar-refractivity contribution is 6.08. The van der Waals surface area contributed by atoms with Crippen LogP contribution in [0.5, 0.6) is 5.75 Å². The van der Waals surface area contributed by atoms with Crippen LogP contribution >= 0.6 is 0 Å². The smallest absolute Gasteiger partial charge is 0.282 e. The highest BCUT2D eigenvalue weighted by atomic mass is 16.5. The van der Waals surface area contributed by atoms with Crippen LogP contribution in [-0.4, -0.2) is 31.7 Å². The van der Waals surface area contributed by atoms with Crippen molar-refractivity contribution in [1.29, 1.82) is 0 Å². The van der Waals surface area contributed by atoms with Crippen molar-refractivity contribution in [3.05, 3.63) is 117 Å². The van der Waals surface area contributed by atoms with Gasteiger partial charge in [0, 0.05) is 25.0 Å². The fourth-order valence-corrected chi connectivity index (χ4v) is 4.31. The molecule has 0 atom stereocenters. The summed E-state index contributed by atoms with van der Waals surface area (Å²) >= 11 is 0. The standard InChI is InChI=1S/C29H26N4O3/c1-19-25(18-20-10-12-21(13-11-20)31(2)3)28(34)32(22-14-16-24(36-4)17-15-22)27-26(19)29(35)33(30-27)23-8-6-5-7-9-23/h5-18H,1-4H3/b25-18-. The van der Waals surface area contributed by atoms with Crippen LogP contribution in [0.25, 0.3) is 11.8 Å². The minimum absolute atomic E-state index is 0.250. The highest BCUT2D eigenvalue weighted by Crippen LogP contribution is 2.21. The van der Waals surface area contributed by atoms with Crippen LogP contribution < -0.4 is 30.9 Å². The molecule has 0 fully saturated rings. The summed E-state index contributed by atoms with van der Waals surface area (Å²) in [6.07, 6.45) is 1.83. The summed E-state index contributed by atoms with van der Waals surface area (Å²) in [7, 11) is 5.54. The number of pyridine rings is 1. The monoisotopic (exact) mass is 478 g/mol. The zero-order valence-electron chi connectivity index (χ0n) is 20.6. The van der Waals surface area contributed by atoms with Gasteiger partial charge in [0.05, 0.1) is 24.0 Å². The van der Waals surface area contributed by atoms with Gasteiger partial charge in [0.25, 0.3) is 11.5 Å². The Hall–Kier alpha value is -4.65. The lowest BCUT2D eigenvalue weighted by atomic mass is 10.0. The van der Waals surface area contributed by atoms with Crippen molar-refractivity contribution < 1.29 is 9.53 Å². The number of methoxy groups -OCH3 is 1. The fourth-order valence-electron chi connectivity index (χ4n) is 4.31. The molecule has 7 heteroatoms. The molecule has 0 saturated heterocycles. The maximum absolute atomic E-state index is 13.9. The molecule has 4 aromatic rings. The number of nitrogens with zero attached hydrogens (tertiary/aromatic N) is 4. The van der Waals surface area contributed by atoms with Gasteiger partial charge in [-0.1, -0.05) is 30.3 Å². The van der Waals surface area contributed by atoms with E-state index in [1.165, 1.54) is 9.58 Å². The molecular formula is C29H26N4O3. The van der Waals surface area contributed by atoms with E-state index < -0.39 is 0 Å². The van der Waals surface area contributed by atoms with Gasteiger partial charge >= 0.3 is 0 Å². The van der Waals surface area contributed by atoms with Gasteiger partial charge in [-0.2, -0.15) is 5.01 Å². The third kappa shape index (κ3) is 3.94. The average Bonchev–Trinajstić information content (AvgIpc) is 3.24. The van der Waals surface area contributed by atoms with E-state index in [0.717, 1.165) is 11.3 Å². The topological polar surface area (TPSA) is 67.1 Å². The molecule has 1 amide bonds. The minimum atomic E-state index is -0.270. The molecule has 36 heavy (non-hydrogen) atoms. The number of carbonyl (C=O) groups excluding carboxylic acids is 1. The van der Waals surface area contributed by atoms with Crippen molar-refractivity contribution in [3.63, 3.8) is 0 Å². The number of fused-ring (bicyclic) bond motifs is 1. The molecule has 180 valence electrons. The molecule has 0 aliphatic carbocycles. The first-order valence-corrected chi connectivity index (χ1v) is 11.6. The summed E-state index contributed by atoms with van der Waals surface area (Å²) in [5.74, 6) is 0.399. The Kier molecular flexibility index (Phi) is 5.90. The lowest BCUT2D eigenvalue weighted by molar-refractivity contribution is 0.0994. The SMILES string of the molecule is COc1ccc(-n2c3c(c(C)/c(=C/c4ccc(N(C)C)cc4)c2=O)C(=O)N(c2ccccc2)N=3)cc1. The van der Waals surface area contributed by atoms with Crippen LogP contribution in [0.3, 0.4) is 0 Å². The second kappa shape index (κ2) is 9.19. The molecule has 7 nitrogen and oxygen atoms in total. The molecule has 1 aliphatic heterocycles. The Morgan fingerprint density at radius 1 is 0.861 bits per heavy atom. The van der Waals surface area contributed by atoms with Crippen molar-refractivity contribution in [3.8, 4) is 11.4 Å². The predicted molar refractivity (Wildman–Crippen MR) is 142 cm³/mol. The average molecular weight is 479 g/mol. The van der Waals surface area contributed by atoms with E-state index in [1.807, 2.05) is 79.7 Å². The summed E-state index contributed by atoms with van der Waals surface area (Å²) in [5.41, 5.74) is 4.23. The van der Waals surface area contributed by atoms with E-state index in [-0.39, 0.29) is 11.5 Å². The van der Waals surface area contributed by atoms with Gasteiger partial charge in [-0.05, 0) is 72.7 Å². The number of anilines is 2. The third-order valence-electron chi connectivity index (χ3n) is 6.30. The van der Waals surface area contributed by atoms with E-state index in [4.69, 9.17) is 4.74 Å². The van der Waals surface area contributed by atoms with E-state index in [9.17, 15) is 9.59 Å². The first-order chi connectivity index (χ1) is 17.4. The first-order valence-electron chi connectivity index (χ1n) is 11.6. The Balaban J connectivity index is 1.78. The quantitative estimate of drug-likeness (QED) is 0.442. The molecule has 0 N–H and O–H groups in total. The van der Waals surface area contributed by atoms with Crippen molar-refractivity contribution in [2.75, 3.05) is 31.1 Å². The number of rotatable bonds is 5. The first kappa shape index (κ1) is 23.1. The maximum atomic E-state index is 13.9. The Morgan fingerprint density at radius 2 is 1.53 bits per heavy atom. The zero-order chi connectivity index (χ0) is 25.4. The van der Waals surface area contributed by atoms with E-state index in [0.29, 0.717) is 39.0 Å². The summed E-state index contributed by atoms with van der Waals surface area (Å²) < 4.78 is 6.79. The fraction of sp³-hybridized carbons (Fsp3) is 0.138. The molecule has 5 rings (SSSR count). The lowest BCUT2D eigenvalue weighted by Crippen LogP contribution is -2.45. The second-order valence-corrected chi connectivity index (χ2v) is 8.76. The lowest BCUT2D eigenvalue weighted by Gasteiger charge is -2.12. The molecule has 3 aromatic carbocycles. The Morgan fingerprint density at radius 3 is 2.14 bits per heavy atom. The largest absolute Gasteiger partial charge is 0.497 e. The molecular weight excluding hydrogens is 452 g/mol. The third-order valence-corrected chi connectivity index (χ3v) is 6.30. The Bertz CT molecular complexity index is 1620. The molecule has 0 radical (unpaired) electrons. The molecule has 1 aromatic heterocycles. The molecule has 0 saturated carbocycles. The van der Waals surface area contributed by atoms with Crippen molar-refractivity contribution in [1.82, 2.24) is 4.57 Å². The number of para-hydroxylation sites is 1. The molecule has 1 aliphatic rings. The normalized spacial score (nSPS) is 12.9. The highest BCUT2D eigenvalue weighted by Gasteiger charge is 2.30. The number of benzene rings is 3. The number of hydrogen-bond acceptors (Lipinski definition) is 5. The summed E-state index contributed by atoms with van der Waals surface area (Å²) in [6.45, 7) is 1.81. The van der Waals surface area contributed by atoms with Gasteiger partial charge in [-0.15, -0.1) is 5.10 Å². The van der Waals surface area contributed by atoms with Crippen molar-refractivity contribution >= 4 is 23.4 Å². The van der Waals surface area contributed by atoms with Crippen molar-refractivity contribution in [2.45, 2.75) is 6.92 Å². The van der Waals surface area contributed by atoms with Gasteiger partial charge in [-0.25, -0.2) is 0 Å². The predicted octanol–water partition coefficient (Wildman–Crippen LogP) is 3.24. The van der Waals surface area contributed by atoms with Gasteiger partial charge < -0.3 is 9.64 Å². The van der Waals surface area contributed by atoms with Crippen LogP contribution in [0.4, 0.5) is 11.4 Å². The second-order valence-electron chi connectivity index (χ2n) is 8.76. The maximum Gasteiger partial charge on any atom is 0.282 e. The van der Waals surface area contributed by atoms with Gasteiger partial charge in [0.1, 0.15) is 5.75 Å². The number of aromatic nitrogens is 1. The van der Waals surface area contributed by atoms with Crippen LogP contribution in [0.1, 0.15) is 21.5 Å². The molecule has 2 heterocycles. The van der Waals surface area contributed by atoms with Gasteiger partial charge in [0.2, 0.25) is 0 Å². The van der Waals surface area contributed by atoms with Gasteiger partial charge in [-0.3, -0.25) is 14.2 Å². The van der Waals surface area contributed by atoms with Crippen molar-refractivity contribution in [2.24, 2.45) is 5.10 Å². The number of ether oxygens (including phenoxy) is 1. The van der Waals surface area contributed by atoms with Crippen LogP contribution in [0, 0.1) is 6.92 Å². The van der Waals surface area contributed by atoms with Crippen LogP contribution in [0.2, 0.25) is 0 Å². The van der Waals surface area contributed by atoms with Crippen LogP contribution in [0.15, 0.2) is 88.8 Å². The summed E-state index contributed by atoms with van der Waals surface area (Å²) in [5, 5.41) is 6.42. The molecule has 0 unspecified atom stereocenters. The zero-order valence-corrected chi connectivity index (χ0v) is 20.6. The van der Waals surface area contributed by atoms with E-state index in [2.05, 4.69) is 5.10 Å². The number of amides is 1. The summed E-state index contributed by atoms with van der Waals surface area (Å²) in [6, 6.07) is 24.3. The molecule has 0 bridgehead atoms. The minimum Gasteiger partial charge on any atom is -0.497 e. The Labute approximate surface area is 208 Å². The van der Waals surface area contributed by atoms with Crippen LogP contribution in [-0.2, 0) is 0 Å².